The summed E-state index contributed by atoms with van der Waals surface area (Å²) in [5, 5.41) is 6.77. The van der Waals surface area contributed by atoms with Crippen molar-refractivity contribution >= 4 is 39.2 Å². The summed E-state index contributed by atoms with van der Waals surface area (Å²) in [6.45, 7) is 2.68. The summed E-state index contributed by atoms with van der Waals surface area (Å²) in [4.78, 5) is 30.0. The smallest absolute Gasteiger partial charge is 0.324 e. The molecule has 6 nitrogen and oxygen atoms in total. The number of nitrogens with zero attached hydrogens (tertiary/aromatic N) is 2. The predicted octanol–water partition coefficient (Wildman–Crippen LogP) is 3.32. The minimum absolute atomic E-state index is 0.231. The van der Waals surface area contributed by atoms with Crippen molar-refractivity contribution in [2.75, 3.05) is 18.4 Å². The van der Waals surface area contributed by atoms with Gasteiger partial charge >= 0.3 is 6.03 Å². The van der Waals surface area contributed by atoms with Crippen LogP contribution in [0.5, 0.6) is 0 Å². The molecule has 3 amide bonds. The molecule has 1 aromatic heterocycles. The largest absolute Gasteiger partial charge is 0.374 e. The fourth-order valence-corrected chi connectivity index (χ4v) is 3.93. The molecule has 1 atom stereocenters. The first kappa shape index (κ1) is 16.5. The lowest BCUT2D eigenvalue weighted by Crippen LogP contribution is -2.43. The summed E-state index contributed by atoms with van der Waals surface area (Å²) < 4.78 is 1.14. The highest BCUT2D eigenvalue weighted by Gasteiger charge is 2.29. The van der Waals surface area contributed by atoms with Crippen molar-refractivity contribution in [3.63, 3.8) is 0 Å². The summed E-state index contributed by atoms with van der Waals surface area (Å²) in [6, 6.07) is 15.0. The lowest BCUT2D eigenvalue weighted by atomic mass is 10.2. The Hall–Kier alpha value is -2.93. The van der Waals surface area contributed by atoms with Gasteiger partial charge in [-0.25, -0.2) is 9.78 Å². The van der Waals surface area contributed by atoms with E-state index in [1.807, 2.05) is 42.5 Å². The Labute approximate surface area is 154 Å². The van der Waals surface area contributed by atoms with Gasteiger partial charge in [-0.3, -0.25) is 9.69 Å². The molecule has 0 spiro atoms. The first-order valence-corrected chi connectivity index (χ1v) is 9.25. The number of carbonyl (C=O) groups excluding carboxylic acids is 2. The first-order chi connectivity index (χ1) is 12.6. The van der Waals surface area contributed by atoms with Gasteiger partial charge < -0.3 is 10.6 Å². The number of thiazole rings is 1. The molecule has 7 heteroatoms. The zero-order chi connectivity index (χ0) is 18.1. The predicted molar refractivity (Wildman–Crippen MR) is 103 cm³/mol. The maximum atomic E-state index is 12.4. The molecule has 1 fully saturated rings. The SMILES string of the molecule is C[C@@H](Nc1cccc(-c2nc3ccccc3s2)c1)C(=O)N1CCNC1=O. The second-order valence-electron chi connectivity index (χ2n) is 6.16. The quantitative estimate of drug-likeness (QED) is 0.743. The molecule has 0 bridgehead atoms. The second-order valence-corrected chi connectivity index (χ2v) is 7.19. The van der Waals surface area contributed by atoms with Gasteiger partial charge in [-0.2, -0.15) is 0 Å². The molecule has 1 aliphatic heterocycles. The van der Waals surface area contributed by atoms with Crippen LogP contribution >= 0.6 is 11.3 Å². The first-order valence-electron chi connectivity index (χ1n) is 8.43. The van der Waals surface area contributed by atoms with E-state index in [1.165, 1.54) is 4.90 Å². The third-order valence-electron chi connectivity index (χ3n) is 4.28. The second kappa shape index (κ2) is 6.76. The average Bonchev–Trinajstić information content (AvgIpc) is 3.27. The number of imide groups is 1. The van der Waals surface area contributed by atoms with Crippen LogP contribution in [0.15, 0.2) is 48.5 Å². The van der Waals surface area contributed by atoms with Gasteiger partial charge in [0.15, 0.2) is 0 Å². The van der Waals surface area contributed by atoms with Gasteiger partial charge in [-0.1, -0.05) is 24.3 Å². The summed E-state index contributed by atoms with van der Waals surface area (Å²) in [6.07, 6.45) is 0. The molecule has 0 aliphatic carbocycles. The Balaban J connectivity index is 1.54. The maximum absolute atomic E-state index is 12.4. The van der Waals surface area contributed by atoms with Crippen molar-refractivity contribution in [3.8, 4) is 10.6 Å². The number of urea groups is 1. The van der Waals surface area contributed by atoms with E-state index < -0.39 is 6.04 Å². The number of hydrogen-bond acceptors (Lipinski definition) is 5. The summed E-state index contributed by atoms with van der Waals surface area (Å²) in [5.41, 5.74) is 2.80. The van der Waals surface area contributed by atoms with Crippen molar-refractivity contribution in [1.82, 2.24) is 15.2 Å². The monoisotopic (exact) mass is 366 g/mol. The summed E-state index contributed by atoms with van der Waals surface area (Å²) in [5.74, 6) is -0.231. The number of benzene rings is 2. The normalized spacial score (nSPS) is 15.1. The Morgan fingerprint density at radius 2 is 2.12 bits per heavy atom. The molecule has 1 aliphatic rings. The van der Waals surface area contributed by atoms with E-state index in [2.05, 4.69) is 21.7 Å². The molecular weight excluding hydrogens is 348 g/mol. The Morgan fingerprint density at radius 1 is 1.27 bits per heavy atom. The van der Waals surface area contributed by atoms with E-state index >= 15 is 0 Å². The molecule has 26 heavy (non-hydrogen) atoms. The lowest BCUT2D eigenvalue weighted by Gasteiger charge is -2.20. The minimum Gasteiger partial charge on any atom is -0.374 e. The number of rotatable bonds is 4. The van der Waals surface area contributed by atoms with E-state index in [4.69, 9.17) is 0 Å². The van der Waals surface area contributed by atoms with E-state index in [1.54, 1.807) is 18.3 Å². The summed E-state index contributed by atoms with van der Waals surface area (Å²) in [7, 11) is 0. The molecule has 2 aromatic carbocycles. The van der Waals surface area contributed by atoms with E-state index in [-0.39, 0.29) is 11.9 Å². The number of aromatic nitrogens is 1. The molecule has 0 unspecified atom stereocenters. The van der Waals surface area contributed by atoms with Gasteiger partial charge in [-0.15, -0.1) is 11.3 Å². The average molecular weight is 366 g/mol. The third kappa shape index (κ3) is 3.13. The van der Waals surface area contributed by atoms with Gasteiger partial charge in [0.05, 0.1) is 10.2 Å². The lowest BCUT2D eigenvalue weighted by molar-refractivity contribution is -0.128. The zero-order valence-electron chi connectivity index (χ0n) is 14.2. The number of nitrogens with one attached hydrogen (secondary N) is 2. The molecule has 4 rings (SSSR count). The van der Waals surface area contributed by atoms with E-state index in [0.717, 1.165) is 26.5 Å². The number of amides is 3. The van der Waals surface area contributed by atoms with Crippen molar-refractivity contribution in [1.29, 1.82) is 0 Å². The number of para-hydroxylation sites is 1. The number of fused-ring (bicyclic) bond motifs is 1. The molecule has 2 N–H and O–H groups in total. The van der Waals surface area contributed by atoms with Crippen molar-refractivity contribution in [3.05, 3.63) is 48.5 Å². The van der Waals surface area contributed by atoms with Gasteiger partial charge in [0, 0.05) is 24.3 Å². The van der Waals surface area contributed by atoms with Crippen LogP contribution in [-0.2, 0) is 4.79 Å². The van der Waals surface area contributed by atoms with Crippen LogP contribution < -0.4 is 10.6 Å². The van der Waals surface area contributed by atoms with Crippen LogP contribution in [0.1, 0.15) is 6.92 Å². The zero-order valence-corrected chi connectivity index (χ0v) is 15.0. The molecule has 3 aromatic rings. The standard InChI is InChI=1S/C19H18N4O2S/c1-12(18(24)23-10-9-20-19(23)25)21-14-6-4-5-13(11-14)17-22-15-7-2-3-8-16(15)26-17/h2-8,11-12,21H,9-10H2,1H3,(H,20,25)/t12-/m1/s1. The fraction of sp³-hybridized carbons (Fsp3) is 0.211. The molecule has 132 valence electrons. The molecule has 1 saturated heterocycles. The van der Waals surface area contributed by atoms with Crippen LogP contribution in [0.3, 0.4) is 0 Å². The van der Waals surface area contributed by atoms with Crippen molar-refractivity contribution in [2.24, 2.45) is 0 Å². The highest BCUT2D eigenvalue weighted by Crippen LogP contribution is 2.31. The molecule has 0 radical (unpaired) electrons. The Kier molecular flexibility index (Phi) is 4.30. The van der Waals surface area contributed by atoms with Gasteiger partial charge in [0.2, 0.25) is 0 Å². The molecular formula is C19H18N4O2S. The van der Waals surface area contributed by atoms with Crippen LogP contribution in [0, 0.1) is 0 Å². The molecule has 0 saturated carbocycles. The van der Waals surface area contributed by atoms with Crippen LogP contribution in [0.25, 0.3) is 20.8 Å². The van der Waals surface area contributed by atoms with Crippen LogP contribution in [-0.4, -0.2) is 41.0 Å². The number of carbonyl (C=O) groups is 2. The van der Waals surface area contributed by atoms with E-state index in [0.29, 0.717) is 13.1 Å². The van der Waals surface area contributed by atoms with Gasteiger partial charge in [-0.05, 0) is 31.2 Å². The van der Waals surface area contributed by atoms with E-state index in [9.17, 15) is 9.59 Å². The van der Waals surface area contributed by atoms with Crippen molar-refractivity contribution in [2.45, 2.75) is 13.0 Å². The highest BCUT2D eigenvalue weighted by atomic mass is 32.1. The van der Waals surface area contributed by atoms with Crippen molar-refractivity contribution < 1.29 is 9.59 Å². The Bertz CT molecular complexity index is 951. The topological polar surface area (TPSA) is 74.3 Å². The maximum Gasteiger partial charge on any atom is 0.324 e. The van der Waals surface area contributed by atoms with Crippen LogP contribution in [0.2, 0.25) is 0 Å². The Morgan fingerprint density at radius 3 is 2.88 bits per heavy atom. The van der Waals surface area contributed by atoms with Crippen LogP contribution in [0.4, 0.5) is 10.5 Å². The highest BCUT2D eigenvalue weighted by molar-refractivity contribution is 7.21. The molecule has 2 heterocycles. The minimum atomic E-state index is -0.496. The number of anilines is 1. The summed E-state index contributed by atoms with van der Waals surface area (Å²) >= 11 is 1.64. The van der Waals surface area contributed by atoms with Gasteiger partial charge in [0.25, 0.3) is 5.91 Å². The number of hydrogen-bond donors (Lipinski definition) is 2. The fourth-order valence-electron chi connectivity index (χ4n) is 2.97. The van der Waals surface area contributed by atoms with Gasteiger partial charge in [0.1, 0.15) is 11.0 Å². The third-order valence-corrected chi connectivity index (χ3v) is 5.37.